The molecule has 2 aliphatic heterocycles. The molecule has 2 aliphatic rings. The number of unbranched alkanes of at least 4 members (excludes halogenated alkanes) is 12. The van der Waals surface area contributed by atoms with E-state index < -0.39 is 0 Å². The summed E-state index contributed by atoms with van der Waals surface area (Å²) in [5.74, 6) is 2.63. The average molecular weight is 883 g/mol. The van der Waals surface area contributed by atoms with Crippen LogP contribution in [0, 0.1) is 0 Å². The van der Waals surface area contributed by atoms with Crippen molar-refractivity contribution in [1.82, 2.24) is 9.80 Å². The summed E-state index contributed by atoms with van der Waals surface area (Å²) in [6, 6.07) is 15.4. The zero-order chi connectivity index (χ0) is 42.2. The second kappa shape index (κ2) is 21.4. The molecule has 0 aromatic heterocycles. The number of imide groups is 2. The number of carbonyl (C=O) groups is 4. The maximum Gasteiger partial charge on any atom is 0.261 e. The molecule has 5 aromatic rings. The molecule has 0 atom stereocenters. The molecule has 5 aromatic carbocycles. The first kappa shape index (κ1) is 45.1. The summed E-state index contributed by atoms with van der Waals surface area (Å²) in [6.07, 6.45) is 20.0. The maximum atomic E-state index is 14.6. The van der Waals surface area contributed by atoms with Gasteiger partial charge in [0.05, 0.1) is 0 Å². The van der Waals surface area contributed by atoms with E-state index in [0.29, 0.717) is 33.0 Å². The Morgan fingerprint density at radius 1 is 0.317 bits per heavy atom. The molecule has 0 aliphatic carbocycles. The number of rotatable bonds is 26. The fraction of sp³-hybridized carbons (Fsp3) is 0.520. The van der Waals surface area contributed by atoms with Crippen LogP contribution in [-0.2, 0) is 0 Å². The summed E-state index contributed by atoms with van der Waals surface area (Å²) in [5, 5.41) is 6.88. The summed E-state index contributed by atoms with van der Waals surface area (Å²) < 4.78 is 0. The van der Waals surface area contributed by atoms with E-state index in [0.717, 1.165) is 184 Å². The molecule has 0 saturated carbocycles. The SMILES string of the molecule is O=C1c2ccc3c4ccc5c6c(ccc(c7ccc(c2c37)C(=O)N1C(CCCCCCS)CCCCCCS)c64)C(=O)N(C(CCCCCCS)CCCCCCS)C5=O. The number of benzene rings is 5. The number of hydrogen-bond donors (Lipinski definition) is 4. The van der Waals surface area contributed by atoms with E-state index in [9.17, 15) is 19.2 Å². The molecule has 2 heterocycles. The highest BCUT2D eigenvalue weighted by atomic mass is 32.1. The van der Waals surface area contributed by atoms with E-state index in [1.54, 1.807) is 9.80 Å². The minimum absolute atomic E-state index is 0.158. The second-order valence-electron chi connectivity index (χ2n) is 17.1. The van der Waals surface area contributed by atoms with Crippen LogP contribution < -0.4 is 0 Å². The third-order valence-electron chi connectivity index (χ3n) is 13.2. The largest absolute Gasteiger partial charge is 0.271 e. The number of carbonyl (C=O) groups excluding carboxylic acids is 4. The molecule has 7 rings (SSSR count). The van der Waals surface area contributed by atoms with Crippen molar-refractivity contribution >= 4 is 117 Å². The van der Waals surface area contributed by atoms with E-state index in [1.165, 1.54) is 0 Å². The summed E-state index contributed by atoms with van der Waals surface area (Å²) >= 11 is 17.5. The smallest absolute Gasteiger partial charge is 0.261 e. The summed E-state index contributed by atoms with van der Waals surface area (Å²) in [5.41, 5.74) is 2.27. The predicted octanol–water partition coefficient (Wildman–Crippen LogP) is 13.2. The van der Waals surface area contributed by atoms with Gasteiger partial charge in [-0.1, -0.05) is 101 Å². The Labute approximate surface area is 378 Å². The molecular formula is C50H62N2O4S4. The van der Waals surface area contributed by atoms with Gasteiger partial charge in [0.2, 0.25) is 0 Å². The van der Waals surface area contributed by atoms with E-state index in [2.05, 4.69) is 50.5 Å². The van der Waals surface area contributed by atoms with E-state index in [4.69, 9.17) is 0 Å². The fourth-order valence-electron chi connectivity index (χ4n) is 10.2. The van der Waals surface area contributed by atoms with Crippen LogP contribution in [0.3, 0.4) is 0 Å². The lowest BCUT2D eigenvalue weighted by Gasteiger charge is -2.35. The molecule has 0 radical (unpaired) electrons. The van der Waals surface area contributed by atoms with Gasteiger partial charge in [0.1, 0.15) is 0 Å². The minimum Gasteiger partial charge on any atom is -0.271 e. The monoisotopic (exact) mass is 882 g/mol. The summed E-state index contributed by atoms with van der Waals surface area (Å²) in [6.45, 7) is 0. The van der Waals surface area contributed by atoms with Gasteiger partial charge in [-0.25, -0.2) is 0 Å². The molecule has 0 bridgehead atoms. The first-order valence-electron chi connectivity index (χ1n) is 22.8. The lowest BCUT2D eigenvalue weighted by Crippen LogP contribution is -2.47. The van der Waals surface area contributed by atoms with Gasteiger partial charge in [-0.2, -0.15) is 50.5 Å². The highest BCUT2D eigenvalue weighted by Gasteiger charge is 2.40. The fourth-order valence-corrected chi connectivity index (χ4v) is 11.0. The molecule has 60 heavy (non-hydrogen) atoms. The van der Waals surface area contributed by atoms with Crippen LogP contribution in [0.2, 0.25) is 0 Å². The number of hydrogen-bond acceptors (Lipinski definition) is 8. The highest BCUT2D eigenvalue weighted by molar-refractivity contribution is 7.80. The van der Waals surface area contributed by atoms with Crippen molar-refractivity contribution < 1.29 is 19.2 Å². The zero-order valence-electron chi connectivity index (χ0n) is 35.1. The first-order valence-corrected chi connectivity index (χ1v) is 25.3. The normalized spacial score (nSPS) is 14.3. The standard InChI is InChI=1S/C50H62N2O4S4/c53-47-39-25-21-35-37-23-27-41-46-42(50(56)52(49(41)55)34(19-11-3-7-15-31-59)20-12-4-8-16-32-60)28-24-38(44(37)46)36-22-26-40(45(39)43(35)36)48(54)51(47)33(17-9-1-5-13-29-57)18-10-2-6-14-30-58/h21-28,33-34,57-60H,1-20,29-32H2. The zero-order valence-corrected chi connectivity index (χ0v) is 38.6. The van der Waals surface area contributed by atoms with Crippen LogP contribution in [0.25, 0.3) is 43.1 Å². The molecule has 0 saturated heterocycles. The molecule has 0 fully saturated rings. The number of fused-ring (bicyclic) bond motifs is 2. The van der Waals surface area contributed by atoms with E-state index >= 15 is 0 Å². The molecule has 0 N–H and O–H groups in total. The third kappa shape index (κ3) is 9.10. The Bertz CT molecular complexity index is 2020. The van der Waals surface area contributed by atoms with Crippen molar-refractivity contribution in [2.45, 2.75) is 141 Å². The molecule has 0 unspecified atom stereocenters. The van der Waals surface area contributed by atoms with Gasteiger partial charge in [-0.15, -0.1) is 0 Å². The van der Waals surface area contributed by atoms with E-state index in [1.807, 2.05) is 48.5 Å². The van der Waals surface area contributed by atoms with Crippen molar-refractivity contribution in [3.8, 4) is 0 Å². The van der Waals surface area contributed by atoms with E-state index in [-0.39, 0.29) is 35.7 Å². The van der Waals surface area contributed by atoms with Gasteiger partial charge >= 0.3 is 0 Å². The van der Waals surface area contributed by atoms with Crippen LogP contribution in [-0.4, -0.2) is 68.5 Å². The lowest BCUT2D eigenvalue weighted by molar-refractivity contribution is 0.0501. The first-order chi connectivity index (χ1) is 29.4. The predicted molar refractivity (Wildman–Crippen MR) is 264 cm³/mol. The van der Waals surface area contributed by atoms with Crippen LogP contribution in [0.15, 0.2) is 48.5 Å². The van der Waals surface area contributed by atoms with Crippen LogP contribution in [0.5, 0.6) is 0 Å². The summed E-state index contributed by atoms with van der Waals surface area (Å²) in [7, 11) is 0. The van der Waals surface area contributed by atoms with Gasteiger partial charge in [0.15, 0.2) is 0 Å². The molecule has 4 amide bonds. The van der Waals surface area contributed by atoms with Crippen molar-refractivity contribution in [2.24, 2.45) is 0 Å². The second-order valence-corrected chi connectivity index (χ2v) is 18.9. The Balaban J connectivity index is 1.25. The molecule has 0 spiro atoms. The van der Waals surface area contributed by atoms with Crippen LogP contribution in [0.4, 0.5) is 0 Å². The topological polar surface area (TPSA) is 74.8 Å². The maximum absolute atomic E-state index is 14.6. The van der Waals surface area contributed by atoms with Gasteiger partial charge in [0.25, 0.3) is 23.6 Å². The van der Waals surface area contributed by atoms with Gasteiger partial charge in [-0.3, -0.25) is 29.0 Å². The van der Waals surface area contributed by atoms with Crippen molar-refractivity contribution in [2.75, 3.05) is 23.0 Å². The third-order valence-corrected chi connectivity index (χ3v) is 14.5. The van der Waals surface area contributed by atoms with Crippen molar-refractivity contribution in [1.29, 1.82) is 0 Å². The Morgan fingerprint density at radius 3 is 0.783 bits per heavy atom. The Morgan fingerprint density at radius 2 is 0.550 bits per heavy atom. The molecule has 10 heteroatoms. The lowest BCUT2D eigenvalue weighted by atomic mass is 9.81. The van der Waals surface area contributed by atoms with Gasteiger partial charge < -0.3 is 0 Å². The molecule has 320 valence electrons. The summed E-state index contributed by atoms with van der Waals surface area (Å²) in [4.78, 5) is 61.6. The van der Waals surface area contributed by atoms with Crippen LogP contribution in [0.1, 0.15) is 170 Å². The van der Waals surface area contributed by atoms with Gasteiger partial charge in [0, 0.05) is 45.1 Å². The molecular weight excluding hydrogens is 821 g/mol. The minimum atomic E-state index is -0.211. The Hall–Kier alpha value is -2.92. The van der Waals surface area contributed by atoms with Crippen molar-refractivity contribution in [3.63, 3.8) is 0 Å². The number of thiol groups is 4. The van der Waals surface area contributed by atoms with Gasteiger partial charge in [-0.05, 0) is 131 Å². The quantitative estimate of drug-likeness (QED) is 0.0147. The highest BCUT2D eigenvalue weighted by Crippen LogP contribution is 2.47. The number of amides is 4. The molecule has 6 nitrogen and oxygen atoms in total. The Kier molecular flexibility index (Phi) is 16.1. The number of nitrogens with zero attached hydrogens (tertiary/aromatic N) is 2. The van der Waals surface area contributed by atoms with Crippen molar-refractivity contribution in [3.05, 3.63) is 70.8 Å². The van der Waals surface area contributed by atoms with Crippen LogP contribution >= 0.6 is 50.5 Å². The average Bonchev–Trinajstić information content (AvgIpc) is 3.26.